The average Bonchev–Trinajstić information content (AvgIpc) is 3.27. The summed E-state index contributed by atoms with van der Waals surface area (Å²) in [7, 11) is 0. The van der Waals surface area contributed by atoms with Gasteiger partial charge >= 0.3 is 0 Å². The van der Waals surface area contributed by atoms with E-state index in [0.717, 1.165) is 0 Å². The molecule has 0 amide bonds. The lowest BCUT2D eigenvalue weighted by molar-refractivity contribution is 0.768. The van der Waals surface area contributed by atoms with Gasteiger partial charge in [0.05, 0.1) is 5.41 Å². The van der Waals surface area contributed by atoms with Crippen LogP contribution in [0, 0.1) is 6.92 Å². The topological polar surface area (TPSA) is 0 Å². The van der Waals surface area contributed by atoms with Crippen LogP contribution in [0.3, 0.4) is 0 Å². The predicted molar refractivity (Wildman–Crippen MR) is 166 cm³/mol. The number of aryl methyl sites for hydroxylation is 1. The van der Waals surface area contributed by atoms with E-state index in [1.54, 1.807) is 0 Å². The van der Waals surface area contributed by atoms with E-state index in [9.17, 15) is 0 Å². The molecule has 0 spiro atoms. The second-order valence-electron chi connectivity index (χ2n) is 11.3. The molecule has 6 aromatic rings. The van der Waals surface area contributed by atoms with Gasteiger partial charge in [-0.05, 0) is 85.8 Å². The van der Waals surface area contributed by atoms with Crippen LogP contribution in [-0.2, 0) is 5.41 Å². The maximum Gasteiger partial charge on any atom is 0.0713 e. The van der Waals surface area contributed by atoms with E-state index in [2.05, 4.69) is 154 Å². The van der Waals surface area contributed by atoms with Gasteiger partial charge in [0.2, 0.25) is 0 Å². The molecular formula is C39H32. The number of rotatable bonds is 4. The Kier molecular flexibility index (Phi) is 5.53. The average molecular weight is 501 g/mol. The van der Waals surface area contributed by atoms with Crippen molar-refractivity contribution in [2.45, 2.75) is 32.1 Å². The normalized spacial score (nSPS) is 13.4. The zero-order valence-corrected chi connectivity index (χ0v) is 22.8. The molecule has 0 nitrogen and oxygen atoms in total. The van der Waals surface area contributed by atoms with Crippen molar-refractivity contribution < 1.29 is 0 Å². The highest BCUT2D eigenvalue weighted by molar-refractivity contribution is 5.91. The predicted octanol–water partition coefficient (Wildman–Crippen LogP) is 10.3. The largest absolute Gasteiger partial charge is 0.0713 e. The molecule has 0 aliphatic heterocycles. The van der Waals surface area contributed by atoms with Crippen molar-refractivity contribution in [1.82, 2.24) is 0 Å². The van der Waals surface area contributed by atoms with Crippen LogP contribution in [0.5, 0.6) is 0 Å². The minimum atomic E-state index is -0.377. The lowest BCUT2D eigenvalue weighted by Crippen LogP contribution is -2.28. The van der Waals surface area contributed by atoms with Gasteiger partial charge < -0.3 is 0 Å². The first-order valence-electron chi connectivity index (χ1n) is 14.0. The molecule has 6 aromatic carbocycles. The summed E-state index contributed by atoms with van der Waals surface area (Å²) in [5.41, 5.74) is 12.8. The minimum absolute atomic E-state index is 0.377. The van der Waals surface area contributed by atoms with E-state index in [-0.39, 0.29) is 5.41 Å². The van der Waals surface area contributed by atoms with Gasteiger partial charge in [0.1, 0.15) is 0 Å². The summed E-state index contributed by atoms with van der Waals surface area (Å²) >= 11 is 0. The molecule has 0 aromatic heterocycles. The van der Waals surface area contributed by atoms with Gasteiger partial charge in [-0.2, -0.15) is 0 Å². The van der Waals surface area contributed by atoms with E-state index >= 15 is 0 Å². The Labute approximate surface area is 231 Å². The van der Waals surface area contributed by atoms with Crippen molar-refractivity contribution in [2.75, 3.05) is 0 Å². The third kappa shape index (κ3) is 3.67. The molecule has 0 saturated carbocycles. The molecule has 188 valence electrons. The summed E-state index contributed by atoms with van der Waals surface area (Å²) in [6, 6.07) is 50.0. The summed E-state index contributed by atoms with van der Waals surface area (Å²) in [5.74, 6) is 0.528. The van der Waals surface area contributed by atoms with Crippen molar-refractivity contribution in [3.8, 4) is 22.3 Å². The Morgan fingerprint density at radius 3 is 1.69 bits per heavy atom. The van der Waals surface area contributed by atoms with Gasteiger partial charge in [-0.3, -0.25) is 0 Å². The number of hydrogen-bond acceptors (Lipinski definition) is 0. The molecule has 0 unspecified atom stereocenters. The highest BCUT2D eigenvalue weighted by Crippen LogP contribution is 2.56. The van der Waals surface area contributed by atoms with Gasteiger partial charge in [-0.25, -0.2) is 0 Å². The maximum absolute atomic E-state index is 2.45. The first-order valence-corrected chi connectivity index (χ1v) is 14.0. The van der Waals surface area contributed by atoms with E-state index in [4.69, 9.17) is 0 Å². The summed E-state index contributed by atoms with van der Waals surface area (Å²) in [6.45, 7) is 6.71. The van der Waals surface area contributed by atoms with Crippen molar-refractivity contribution in [2.24, 2.45) is 0 Å². The molecule has 0 heteroatoms. The molecule has 0 N–H and O–H groups in total. The highest BCUT2D eigenvalue weighted by Gasteiger charge is 2.46. The number of benzene rings is 6. The van der Waals surface area contributed by atoms with Gasteiger partial charge in [0.15, 0.2) is 0 Å². The van der Waals surface area contributed by atoms with Crippen LogP contribution in [0.2, 0.25) is 0 Å². The second kappa shape index (κ2) is 9.10. The van der Waals surface area contributed by atoms with E-state index in [1.807, 2.05) is 0 Å². The summed E-state index contributed by atoms with van der Waals surface area (Å²) in [6.07, 6.45) is 0. The first kappa shape index (κ1) is 23.7. The second-order valence-corrected chi connectivity index (χ2v) is 11.3. The standard InChI is InChI=1S/C39H32/c1-26(2)28-15-16-30-24-31(18-17-29(30)23-28)32-19-21-36-35-20-14-27(3)22-37(35)39(38(36)25-32,33-10-6-4-7-11-33)34-12-8-5-9-13-34/h4-26H,1-3H3. The molecule has 0 atom stereocenters. The molecular weight excluding hydrogens is 468 g/mol. The lowest BCUT2D eigenvalue weighted by Gasteiger charge is -2.34. The Balaban J connectivity index is 1.50. The molecule has 0 radical (unpaired) electrons. The molecule has 0 heterocycles. The highest BCUT2D eigenvalue weighted by atomic mass is 14.5. The van der Waals surface area contributed by atoms with E-state index < -0.39 is 0 Å². The monoisotopic (exact) mass is 500 g/mol. The van der Waals surface area contributed by atoms with E-state index in [0.29, 0.717) is 5.92 Å². The zero-order valence-electron chi connectivity index (χ0n) is 22.8. The molecule has 0 saturated heterocycles. The van der Waals surface area contributed by atoms with Crippen LogP contribution >= 0.6 is 0 Å². The molecule has 0 bridgehead atoms. The third-order valence-electron chi connectivity index (χ3n) is 8.57. The molecule has 1 aliphatic rings. The summed E-state index contributed by atoms with van der Waals surface area (Å²) in [4.78, 5) is 0. The summed E-state index contributed by atoms with van der Waals surface area (Å²) < 4.78 is 0. The van der Waals surface area contributed by atoms with Crippen molar-refractivity contribution in [3.63, 3.8) is 0 Å². The Morgan fingerprint density at radius 2 is 1.03 bits per heavy atom. The van der Waals surface area contributed by atoms with Crippen LogP contribution < -0.4 is 0 Å². The number of fused-ring (bicyclic) bond motifs is 4. The van der Waals surface area contributed by atoms with E-state index in [1.165, 1.54) is 66.4 Å². The molecule has 39 heavy (non-hydrogen) atoms. The quantitative estimate of drug-likeness (QED) is 0.225. The summed E-state index contributed by atoms with van der Waals surface area (Å²) in [5, 5.41) is 2.59. The van der Waals surface area contributed by atoms with Gasteiger partial charge in [0.25, 0.3) is 0 Å². The lowest BCUT2D eigenvalue weighted by atomic mass is 9.67. The smallest absolute Gasteiger partial charge is 0.0622 e. The van der Waals surface area contributed by atoms with Crippen molar-refractivity contribution >= 4 is 10.8 Å². The first-order chi connectivity index (χ1) is 19.1. The Morgan fingerprint density at radius 1 is 0.487 bits per heavy atom. The van der Waals surface area contributed by atoms with Crippen LogP contribution in [0.1, 0.15) is 53.1 Å². The minimum Gasteiger partial charge on any atom is -0.0622 e. The Hall–Kier alpha value is -4.42. The van der Waals surface area contributed by atoms with Crippen LogP contribution in [-0.4, -0.2) is 0 Å². The third-order valence-corrected chi connectivity index (χ3v) is 8.57. The van der Waals surface area contributed by atoms with Gasteiger partial charge in [-0.1, -0.05) is 141 Å². The molecule has 1 aliphatic carbocycles. The molecule has 0 fully saturated rings. The number of hydrogen-bond donors (Lipinski definition) is 0. The SMILES string of the molecule is Cc1ccc2c(c1)C(c1ccccc1)(c1ccccc1)c1cc(-c3ccc4cc(C(C)C)ccc4c3)ccc1-2. The van der Waals surface area contributed by atoms with Crippen LogP contribution in [0.15, 0.2) is 133 Å². The maximum atomic E-state index is 2.45. The Bertz CT molecular complexity index is 1780. The van der Waals surface area contributed by atoms with Crippen molar-refractivity contribution in [3.05, 3.63) is 167 Å². The fourth-order valence-electron chi connectivity index (χ4n) is 6.59. The molecule has 7 rings (SSSR count). The van der Waals surface area contributed by atoms with Crippen molar-refractivity contribution in [1.29, 1.82) is 0 Å². The van der Waals surface area contributed by atoms with Gasteiger partial charge in [0, 0.05) is 0 Å². The fraction of sp³-hybridized carbons (Fsp3) is 0.128. The van der Waals surface area contributed by atoms with Gasteiger partial charge in [-0.15, -0.1) is 0 Å². The van der Waals surface area contributed by atoms with Crippen LogP contribution in [0.4, 0.5) is 0 Å². The fourth-order valence-corrected chi connectivity index (χ4v) is 6.59. The zero-order chi connectivity index (χ0) is 26.6. The van der Waals surface area contributed by atoms with Crippen LogP contribution in [0.25, 0.3) is 33.0 Å².